The second-order valence-electron chi connectivity index (χ2n) is 4.66. The normalized spacial score (nSPS) is 10.4. The lowest BCUT2D eigenvalue weighted by Crippen LogP contribution is -2.23. The highest BCUT2D eigenvalue weighted by molar-refractivity contribution is 5.94. The number of hydrogen-bond donors (Lipinski definition) is 2. The number of rotatable bonds is 5. The van der Waals surface area contributed by atoms with Crippen LogP contribution in [0.3, 0.4) is 0 Å². The van der Waals surface area contributed by atoms with Gasteiger partial charge in [0, 0.05) is 12.6 Å². The molecule has 0 aliphatic carbocycles. The van der Waals surface area contributed by atoms with Crippen LogP contribution in [0, 0.1) is 11.6 Å². The Morgan fingerprint density at radius 2 is 1.71 bits per heavy atom. The second-order valence-corrected chi connectivity index (χ2v) is 4.66. The van der Waals surface area contributed by atoms with E-state index in [0.29, 0.717) is 12.6 Å². The highest BCUT2D eigenvalue weighted by atomic mass is 19.1. The average molecular weight is 290 g/mol. The molecule has 110 valence electrons. The van der Waals surface area contributed by atoms with E-state index in [4.69, 9.17) is 5.73 Å². The zero-order chi connectivity index (χ0) is 15.2. The number of nitrogens with one attached hydrogen (secondary N) is 1. The van der Waals surface area contributed by atoms with Crippen molar-refractivity contribution in [1.29, 1.82) is 0 Å². The monoisotopic (exact) mass is 290 g/mol. The molecule has 5 heteroatoms. The minimum atomic E-state index is -0.870. The summed E-state index contributed by atoms with van der Waals surface area (Å²) in [7, 11) is 0. The topological polar surface area (TPSA) is 55.1 Å². The van der Waals surface area contributed by atoms with Gasteiger partial charge in [0.1, 0.15) is 11.6 Å². The summed E-state index contributed by atoms with van der Waals surface area (Å²) >= 11 is 0. The first-order chi connectivity index (χ1) is 10.1. The van der Waals surface area contributed by atoms with Crippen LogP contribution in [0.4, 0.5) is 8.78 Å². The average Bonchev–Trinajstić information content (AvgIpc) is 2.46. The molecule has 0 atom stereocenters. The molecule has 0 heterocycles. The predicted molar refractivity (Wildman–Crippen MR) is 76.7 cm³/mol. The number of halogens is 2. The van der Waals surface area contributed by atoms with E-state index in [0.717, 1.165) is 29.7 Å². The van der Waals surface area contributed by atoms with E-state index < -0.39 is 17.5 Å². The number of carbonyl (C=O) groups is 1. The molecule has 0 bridgehead atoms. The van der Waals surface area contributed by atoms with Gasteiger partial charge in [-0.05, 0) is 36.2 Å². The van der Waals surface area contributed by atoms with Crippen LogP contribution < -0.4 is 11.1 Å². The van der Waals surface area contributed by atoms with Gasteiger partial charge in [-0.1, -0.05) is 24.3 Å². The fourth-order valence-corrected chi connectivity index (χ4v) is 1.94. The van der Waals surface area contributed by atoms with Crippen molar-refractivity contribution in [3.05, 3.63) is 70.8 Å². The molecule has 0 aliphatic heterocycles. The van der Waals surface area contributed by atoms with Gasteiger partial charge in [0.15, 0.2) is 0 Å². The number of nitrogens with two attached hydrogens (primary N) is 1. The highest BCUT2D eigenvalue weighted by Crippen LogP contribution is 2.10. The van der Waals surface area contributed by atoms with Crippen molar-refractivity contribution in [1.82, 2.24) is 5.32 Å². The lowest BCUT2D eigenvalue weighted by atomic mass is 10.1. The summed E-state index contributed by atoms with van der Waals surface area (Å²) in [5, 5.41) is 2.60. The van der Waals surface area contributed by atoms with Gasteiger partial charge in [-0.25, -0.2) is 8.78 Å². The van der Waals surface area contributed by atoms with E-state index in [9.17, 15) is 13.6 Å². The molecule has 2 rings (SSSR count). The molecule has 0 unspecified atom stereocenters. The lowest BCUT2D eigenvalue weighted by Gasteiger charge is -2.07. The van der Waals surface area contributed by atoms with Gasteiger partial charge < -0.3 is 11.1 Å². The number of benzene rings is 2. The number of hydrogen-bond acceptors (Lipinski definition) is 2. The summed E-state index contributed by atoms with van der Waals surface area (Å²) < 4.78 is 26.2. The van der Waals surface area contributed by atoms with Crippen LogP contribution in [0.25, 0.3) is 0 Å². The molecule has 0 radical (unpaired) electrons. The van der Waals surface area contributed by atoms with Crippen LogP contribution in [0.5, 0.6) is 0 Å². The third-order valence-electron chi connectivity index (χ3n) is 3.08. The maximum absolute atomic E-state index is 13.5. The standard InChI is InChI=1S/C16H16F2N2O/c17-13-5-6-14(15(18)9-13)16(21)20-10-12-3-1-11(2-4-12)7-8-19/h1-6,9H,7-8,10,19H2,(H,20,21). The fourth-order valence-electron chi connectivity index (χ4n) is 1.94. The third-order valence-corrected chi connectivity index (χ3v) is 3.08. The first kappa shape index (κ1) is 15.1. The summed E-state index contributed by atoms with van der Waals surface area (Å²) in [6.45, 7) is 0.860. The molecule has 2 aromatic rings. The first-order valence-corrected chi connectivity index (χ1v) is 6.61. The number of amides is 1. The van der Waals surface area contributed by atoms with Gasteiger partial charge >= 0.3 is 0 Å². The Morgan fingerprint density at radius 1 is 1.05 bits per heavy atom. The van der Waals surface area contributed by atoms with Gasteiger partial charge in [-0.2, -0.15) is 0 Å². The maximum atomic E-state index is 13.5. The van der Waals surface area contributed by atoms with E-state index in [1.165, 1.54) is 0 Å². The zero-order valence-electron chi connectivity index (χ0n) is 11.4. The van der Waals surface area contributed by atoms with E-state index >= 15 is 0 Å². The fraction of sp³-hybridized carbons (Fsp3) is 0.188. The van der Waals surface area contributed by atoms with Crippen LogP contribution in [0.2, 0.25) is 0 Å². The van der Waals surface area contributed by atoms with Gasteiger partial charge in [0.05, 0.1) is 5.56 Å². The van der Waals surface area contributed by atoms with Gasteiger partial charge in [-0.3, -0.25) is 4.79 Å². The van der Waals surface area contributed by atoms with Gasteiger partial charge in [-0.15, -0.1) is 0 Å². The molecule has 0 aromatic heterocycles. The van der Waals surface area contributed by atoms with Crippen molar-refractivity contribution in [3.63, 3.8) is 0 Å². The van der Waals surface area contributed by atoms with Gasteiger partial charge in [0.2, 0.25) is 0 Å². The Hall–Kier alpha value is -2.27. The molecular weight excluding hydrogens is 274 g/mol. The Balaban J connectivity index is 1.97. The van der Waals surface area contributed by atoms with Crippen molar-refractivity contribution < 1.29 is 13.6 Å². The van der Waals surface area contributed by atoms with Crippen LogP contribution in [-0.4, -0.2) is 12.5 Å². The van der Waals surface area contributed by atoms with Crippen molar-refractivity contribution in [3.8, 4) is 0 Å². The Morgan fingerprint density at radius 3 is 2.33 bits per heavy atom. The van der Waals surface area contributed by atoms with E-state index in [-0.39, 0.29) is 12.1 Å². The number of carbonyl (C=O) groups excluding carboxylic acids is 1. The molecular formula is C16H16F2N2O. The van der Waals surface area contributed by atoms with Crippen LogP contribution >= 0.6 is 0 Å². The minimum absolute atomic E-state index is 0.170. The highest BCUT2D eigenvalue weighted by Gasteiger charge is 2.11. The van der Waals surface area contributed by atoms with E-state index in [1.54, 1.807) is 0 Å². The van der Waals surface area contributed by atoms with Gasteiger partial charge in [0.25, 0.3) is 5.91 Å². The minimum Gasteiger partial charge on any atom is -0.348 e. The van der Waals surface area contributed by atoms with Crippen LogP contribution in [-0.2, 0) is 13.0 Å². The smallest absolute Gasteiger partial charge is 0.254 e. The summed E-state index contributed by atoms with van der Waals surface area (Å²) in [5.74, 6) is -2.15. The molecule has 0 saturated carbocycles. The molecule has 3 N–H and O–H groups in total. The molecule has 0 aliphatic rings. The molecule has 0 spiro atoms. The molecule has 1 amide bonds. The van der Waals surface area contributed by atoms with E-state index in [2.05, 4.69) is 5.32 Å². The third kappa shape index (κ3) is 4.10. The lowest BCUT2D eigenvalue weighted by molar-refractivity contribution is 0.0947. The predicted octanol–water partition coefficient (Wildman–Crippen LogP) is 2.40. The second kappa shape index (κ2) is 6.95. The van der Waals surface area contributed by atoms with E-state index in [1.807, 2.05) is 24.3 Å². The summed E-state index contributed by atoms with van der Waals surface area (Å²) in [6, 6.07) is 10.5. The largest absolute Gasteiger partial charge is 0.348 e. The molecule has 3 nitrogen and oxygen atoms in total. The Bertz CT molecular complexity index is 627. The first-order valence-electron chi connectivity index (χ1n) is 6.61. The zero-order valence-corrected chi connectivity index (χ0v) is 11.4. The molecule has 21 heavy (non-hydrogen) atoms. The molecule has 0 fully saturated rings. The van der Waals surface area contributed by atoms with Crippen LogP contribution in [0.1, 0.15) is 21.5 Å². The van der Waals surface area contributed by atoms with Crippen molar-refractivity contribution in [2.45, 2.75) is 13.0 Å². The quantitative estimate of drug-likeness (QED) is 0.888. The Kier molecular flexibility index (Phi) is 5.00. The summed E-state index contributed by atoms with van der Waals surface area (Å²) in [4.78, 5) is 11.8. The Labute approximate surface area is 121 Å². The molecule has 2 aromatic carbocycles. The summed E-state index contributed by atoms with van der Waals surface area (Å²) in [6.07, 6.45) is 0.799. The maximum Gasteiger partial charge on any atom is 0.254 e. The van der Waals surface area contributed by atoms with Crippen LogP contribution in [0.15, 0.2) is 42.5 Å². The molecule has 0 saturated heterocycles. The summed E-state index contributed by atoms with van der Waals surface area (Å²) in [5.41, 5.74) is 7.31. The SMILES string of the molecule is NCCc1ccc(CNC(=O)c2ccc(F)cc2F)cc1. The van der Waals surface area contributed by atoms with Crippen molar-refractivity contribution >= 4 is 5.91 Å². The van der Waals surface area contributed by atoms with Crippen molar-refractivity contribution in [2.24, 2.45) is 5.73 Å². The van der Waals surface area contributed by atoms with Crippen molar-refractivity contribution in [2.75, 3.05) is 6.54 Å².